The van der Waals surface area contributed by atoms with Crippen LogP contribution in [0.25, 0.3) is 0 Å². The molecule has 5 nitrogen and oxygen atoms in total. The molecule has 4 N–H and O–H groups in total. The van der Waals surface area contributed by atoms with Gasteiger partial charge in [0.05, 0.1) is 12.2 Å². The summed E-state index contributed by atoms with van der Waals surface area (Å²) in [5.74, 6) is -0.278. The van der Waals surface area contributed by atoms with E-state index < -0.39 is 34.7 Å². The maximum absolute atomic E-state index is 12.3. The fourth-order valence-corrected chi connectivity index (χ4v) is 6.93. The van der Waals surface area contributed by atoms with Crippen LogP contribution in [0, 0.1) is 28.6 Å². The maximum Gasteiger partial charge on any atom is 0.161 e. The number of hydrogen-bond donors (Lipinski definition) is 4. The average molecular weight is 362 g/mol. The first-order valence-electron chi connectivity index (χ1n) is 9.75. The molecule has 26 heavy (non-hydrogen) atoms. The van der Waals surface area contributed by atoms with Crippen LogP contribution in [0.2, 0.25) is 0 Å². The van der Waals surface area contributed by atoms with E-state index in [1.165, 1.54) is 6.92 Å². The highest BCUT2D eigenvalue weighted by molar-refractivity contribution is 5.86. The van der Waals surface area contributed by atoms with Crippen LogP contribution in [-0.2, 0) is 4.79 Å². The largest absolute Gasteiger partial charge is 0.390 e. The van der Waals surface area contributed by atoms with Crippen LogP contribution in [0.4, 0.5) is 0 Å². The smallest absolute Gasteiger partial charge is 0.161 e. The van der Waals surface area contributed by atoms with Gasteiger partial charge in [-0.3, -0.25) is 4.79 Å². The van der Waals surface area contributed by atoms with Gasteiger partial charge in [0.2, 0.25) is 0 Å². The Kier molecular flexibility index (Phi) is 3.89. The van der Waals surface area contributed by atoms with Crippen LogP contribution < -0.4 is 0 Å². The monoisotopic (exact) mass is 362 g/mol. The van der Waals surface area contributed by atoms with Crippen molar-refractivity contribution in [3.8, 4) is 0 Å². The van der Waals surface area contributed by atoms with Crippen molar-refractivity contribution in [2.45, 2.75) is 70.4 Å². The molecule has 4 aliphatic carbocycles. The second kappa shape index (κ2) is 5.51. The van der Waals surface area contributed by atoms with E-state index in [-0.39, 0.29) is 23.5 Å². The predicted molar refractivity (Wildman–Crippen MR) is 96.0 cm³/mol. The minimum atomic E-state index is -1.34. The van der Waals surface area contributed by atoms with Crippen LogP contribution >= 0.6 is 0 Å². The van der Waals surface area contributed by atoms with E-state index in [4.69, 9.17) is 0 Å². The number of Topliss-reactive ketones (excluding diaryl/α,β-unsaturated/α-hetero) is 1. The van der Waals surface area contributed by atoms with E-state index in [1.807, 2.05) is 13.0 Å². The Bertz CT molecular complexity index is 699. The summed E-state index contributed by atoms with van der Waals surface area (Å²) in [7, 11) is 0. The quantitative estimate of drug-likeness (QED) is 0.528. The number of carbonyl (C=O) groups excluding carboxylic acids is 1. The summed E-state index contributed by atoms with van der Waals surface area (Å²) in [6, 6.07) is 0. The standard InChI is InChI=1S/C21H30O5/c1-11(22)21(26)9-6-14-16-13(5-8-20(14,21)3)19(2)7-4-12(23)10-15(19)17(24)18(16)25/h4,7,10,12-14,16-18,23-26H,5-6,8-9H2,1-3H3/t12-,13-,14-,16+,17-,18+,19+,20-,21-/m0/s1. The lowest BCUT2D eigenvalue weighted by Crippen LogP contribution is -2.62. The molecule has 0 aromatic rings. The molecule has 0 aromatic carbocycles. The molecule has 5 heteroatoms. The lowest BCUT2D eigenvalue weighted by molar-refractivity contribution is -0.175. The van der Waals surface area contributed by atoms with Crippen LogP contribution in [0.15, 0.2) is 23.8 Å². The topological polar surface area (TPSA) is 98.0 Å². The molecule has 0 saturated heterocycles. The van der Waals surface area contributed by atoms with Crippen LogP contribution in [0.3, 0.4) is 0 Å². The van der Waals surface area contributed by atoms with E-state index in [0.717, 1.165) is 12.8 Å². The van der Waals surface area contributed by atoms with E-state index in [1.54, 1.807) is 12.2 Å². The first-order valence-corrected chi connectivity index (χ1v) is 9.75. The molecule has 0 bridgehead atoms. The molecular weight excluding hydrogens is 332 g/mol. The molecule has 0 aliphatic heterocycles. The molecule has 0 aromatic heterocycles. The second-order valence-corrected chi connectivity index (χ2v) is 9.39. The minimum Gasteiger partial charge on any atom is -0.390 e. The molecule has 4 rings (SSSR count). The van der Waals surface area contributed by atoms with Gasteiger partial charge in [-0.1, -0.05) is 26.0 Å². The number of aliphatic hydroxyl groups is 4. The van der Waals surface area contributed by atoms with Gasteiger partial charge >= 0.3 is 0 Å². The van der Waals surface area contributed by atoms with E-state index in [2.05, 4.69) is 6.92 Å². The molecule has 3 saturated carbocycles. The van der Waals surface area contributed by atoms with Crippen molar-refractivity contribution in [3.05, 3.63) is 23.8 Å². The number of aliphatic hydroxyl groups excluding tert-OH is 3. The summed E-state index contributed by atoms with van der Waals surface area (Å²) in [5.41, 5.74) is -1.63. The van der Waals surface area contributed by atoms with Crippen molar-refractivity contribution < 1.29 is 25.2 Å². The highest BCUT2D eigenvalue weighted by Gasteiger charge is 2.67. The Morgan fingerprint density at radius 2 is 1.77 bits per heavy atom. The Hall–Kier alpha value is -1.01. The van der Waals surface area contributed by atoms with Gasteiger partial charge in [-0.15, -0.1) is 0 Å². The van der Waals surface area contributed by atoms with Crippen LogP contribution in [-0.4, -0.2) is 50.1 Å². The van der Waals surface area contributed by atoms with Crippen molar-refractivity contribution in [1.82, 2.24) is 0 Å². The highest BCUT2D eigenvalue weighted by atomic mass is 16.3. The number of fused-ring (bicyclic) bond motifs is 5. The maximum atomic E-state index is 12.3. The van der Waals surface area contributed by atoms with E-state index in [9.17, 15) is 25.2 Å². The summed E-state index contributed by atoms with van der Waals surface area (Å²) in [6.07, 6.45) is 5.27. The molecule has 0 unspecified atom stereocenters. The molecule has 0 heterocycles. The normalized spacial score (nSPS) is 55.6. The van der Waals surface area contributed by atoms with Gasteiger partial charge in [-0.25, -0.2) is 0 Å². The minimum absolute atomic E-state index is 0.0153. The molecule has 0 amide bonds. The summed E-state index contributed by atoms with van der Waals surface area (Å²) in [5, 5.41) is 43.0. The Morgan fingerprint density at radius 1 is 1.12 bits per heavy atom. The number of allylic oxidation sites excluding steroid dienone is 1. The van der Waals surface area contributed by atoms with Gasteiger partial charge in [0.25, 0.3) is 0 Å². The number of ketones is 1. The average Bonchev–Trinajstić information content (AvgIpc) is 2.87. The van der Waals surface area contributed by atoms with Crippen molar-refractivity contribution in [2.75, 3.05) is 0 Å². The van der Waals surface area contributed by atoms with E-state index in [0.29, 0.717) is 18.4 Å². The molecule has 3 fully saturated rings. The lowest BCUT2D eigenvalue weighted by Gasteiger charge is -2.60. The van der Waals surface area contributed by atoms with Gasteiger partial charge in [-0.05, 0) is 62.0 Å². The van der Waals surface area contributed by atoms with Crippen molar-refractivity contribution >= 4 is 5.78 Å². The van der Waals surface area contributed by atoms with Gasteiger partial charge in [0, 0.05) is 10.8 Å². The summed E-state index contributed by atoms with van der Waals surface area (Å²) >= 11 is 0. The summed E-state index contributed by atoms with van der Waals surface area (Å²) in [4.78, 5) is 12.3. The second-order valence-electron chi connectivity index (χ2n) is 9.39. The first-order chi connectivity index (χ1) is 12.1. The summed E-state index contributed by atoms with van der Waals surface area (Å²) in [6.45, 7) is 5.51. The first kappa shape index (κ1) is 18.4. The zero-order chi connectivity index (χ0) is 19.1. The Morgan fingerprint density at radius 3 is 2.42 bits per heavy atom. The van der Waals surface area contributed by atoms with Gasteiger partial charge < -0.3 is 20.4 Å². The third kappa shape index (κ3) is 2.03. The predicted octanol–water partition coefficient (Wildman–Crippen LogP) is 1.35. The lowest BCUT2D eigenvalue weighted by atomic mass is 9.46. The third-order valence-corrected chi connectivity index (χ3v) is 8.49. The molecule has 9 atom stereocenters. The Labute approximate surface area is 154 Å². The van der Waals surface area contributed by atoms with Gasteiger partial charge in [0.15, 0.2) is 5.78 Å². The van der Waals surface area contributed by atoms with E-state index >= 15 is 0 Å². The third-order valence-electron chi connectivity index (χ3n) is 8.49. The molecule has 144 valence electrons. The highest BCUT2D eigenvalue weighted by Crippen LogP contribution is 2.67. The van der Waals surface area contributed by atoms with Crippen LogP contribution in [0.1, 0.15) is 46.5 Å². The van der Waals surface area contributed by atoms with Crippen molar-refractivity contribution in [2.24, 2.45) is 28.6 Å². The van der Waals surface area contributed by atoms with Crippen LogP contribution in [0.5, 0.6) is 0 Å². The number of rotatable bonds is 1. The Balaban J connectivity index is 1.78. The fourth-order valence-electron chi connectivity index (χ4n) is 6.93. The molecular formula is C21H30O5. The number of carbonyl (C=O) groups is 1. The SMILES string of the molecule is CC(=O)[C@@]1(O)CC[C@H]2[C@@H]3[C@@H](O)[C@@H](O)C4=C[C@@H](O)C=C[C@]4(C)[C@H]3CC[C@@]21C. The van der Waals surface area contributed by atoms with Crippen molar-refractivity contribution in [1.29, 1.82) is 0 Å². The molecule has 0 spiro atoms. The van der Waals surface area contributed by atoms with Gasteiger partial charge in [0.1, 0.15) is 11.7 Å². The zero-order valence-corrected chi connectivity index (χ0v) is 15.7. The number of hydrogen-bond acceptors (Lipinski definition) is 5. The van der Waals surface area contributed by atoms with Crippen molar-refractivity contribution in [3.63, 3.8) is 0 Å². The molecule has 0 radical (unpaired) electrons. The fraction of sp³-hybridized carbons (Fsp3) is 0.762. The molecule has 4 aliphatic rings. The van der Waals surface area contributed by atoms with Gasteiger partial charge in [-0.2, -0.15) is 0 Å². The summed E-state index contributed by atoms with van der Waals surface area (Å²) < 4.78 is 0. The zero-order valence-electron chi connectivity index (χ0n) is 15.7.